The van der Waals surface area contributed by atoms with Gasteiger partial charge in [0.1, 0.15) is 5.82 Å². The summed E-state index contributed by atoms with van der Waals surface area (Å²) in [5, 5.41) is 10.2. The standard InChI is InChI=1S/C17H12ClF4N5OS/c1-27-15(10-4-2-3-5-12(10)19)25-26-16(27)29-8-13(28)24-14-11(18)6-9(7-23-14)17(20,21)22/h2-7H,8H2,1H3,(H,23,24,28). The minimum atomic E-state index is -4.59. The smallest absolute Gasteiger partial charge is 0.309 e. The molecular weight excluding hydrogens is 434 g/mol. The van der Waals surface area contributed by atoms with E-state index in [-0.39, 0.29) is 22.2 Å². The zero-order chi connectivity index (χ0) is 21.2. The number of pyridine rings is 1. The molecule has 0 saturated heterocycles. The highest BCUT2D eigenvalue weighted by molar-refractivity contribution is 7.99. The molecular formula is C17H12ClF4N5OS. The highest BCUT2D eigenvalue weighted by Crippen LogP contribution is 2.32. The molecule has 12 heteroatoms. The largest absolute Gasteiger partial charge is 0.417 e. The number of aromatic nitrogens is 4. The average Bonchev–Trinajstić information content (AvgIpc) is 3.01. The van der Waals surface area contributed by atoms with Gasteiger partial charge in [0, 0.05) is 13.2 Å². The Morgan fingerprint density at radius 1 is 1.28 bits per heavy atom. The quantitative estimate of drug-likeness (QED) is 0.465. The molecule has 0 aliphatic rings. The van der Waals surface area contributed by atoms with Crippen molar-refractivity contribution < 1.29 is 22.4 Å². The summed E-state index contributed by atoms with van der Waals surface area (Å²) in [7, 11) is 1.62. The van der Waals surface area contributed by atoms with Crippen LogP contribution in [-0.2, 0) is 18.0 Å². The second-order valence-corrected chi connectivity index (χ2v) is 7.08. The Balaban J connectivity index is 1.66. The van der Waals surface area contributed by atoms with Crippen LogP contribution >= 0.6 is 23.4 Å². The van der Waals surface area contributed by atoms with Crippen molar-refractivity contribution in [2.24, 2.45) is 7.05 Å². The molecule has 2 aromatic heterocycles. The van der Waals surface area contributed by atoms with Crippen molar-refractivity contribution in [1.29, 1.82) is 0 Å². The molecule has 2 heterocycles. The topological polar surface area (TPSA) is 72.7 Å². The number of nitrogens with one attached hydrogen (secondary N) is 1. The van der Waals surface area contributed by atoms with Gasteiger partial charge in [0.15, 0.2) is 16.8 Å². The van der Waals surface area contributed by atoms with Crippen molar-refractivity contribution in [3.63, 3.8) is 0 Å². The van der Waals surface area contributed by atoms with Gasteiger partial charge in [-0.3, -0.25) is 4.79 Å². The number of alkyl halides is 3. The number of rotatable bonds is 5. The highest BCUT2D eigenvalue weighted by Gasteiger charge is 2.31. The van der Waals surface area contributed by atoms with Gasteiger partial charge in [0.05, 0.1) is 21.9 Å². The molecule has 152 valence electrons. The first kappa shape index (κ1) is 21.1. The van der Waals surface area contributed by atoms with Crippen LogP contribution in [0.15, 0.2) is 41.7 Å². The first-order valence-corrected chi connectivity index (χ1v) is 9.33. The van der Waals surface area contributed by atoms with Gasteiger partial charge in [-0.2, -0.15) is 13.2 Å². The summed E-state index contributed by atoms with van der Waals surface area (Å²) in [6.45, 7) is 0. The molecule has 0 spiro atoms. The summed E-state index contributed by atoms with van der Waals surface area (Å²) < 4.78 is 53.3. The summed E-state index contributed by atoms with van der Waals surface area (Å²) in [5.74, 6) is -1.05. The van der Waals surface area contributed by atoms with Gasteiger partial charge in [0.2, 0.25) is 5.91 Å². The van der Waals surface area contributed by atoms with E-state index in [2.05, 4.69) is 20.5 Å². The summed E-state index contributed by atoms with van der Waals surface area (Å²) in [4.78, 5) is 15.6. The zero-order valence-electron chi connectivity index (χ0n) is 14.7. The van der Waals surface area contributed by atoms with E-state index in [4.69, 9.17) is 11.6 Å². The fraction of sp³-hybridized carbons (Fsp3) is 0.176. The van der Waals surface area contributed by atoms with E-state index in [0.29, 0.717) is 23.2 Å². The monoisotopic (exact) mass is 445 g/mol. The van der Waals surface area contributed by atoms with Crippen LogP contribution in [0.2, 0.25) is 5.02 Å². The molecule has 0 radical (unpaired) electrons. The van der Waals surface area contributed by atoms with Gasteiger partial charge in [-0.1, -0.05) is 35.5 Å². The maximum Gasteiger partial charge on any atom is 0.417 e. The second kappa shape index (κ2) is 8.37. The van der Waals surface area contributed by atoms with Gasteiger partial charge in [-0.15, -0.1) is 10.2 Å². The number of thioether (sulfide) groups is 1. The molecule has 29 heavy (non-hydrogen) atoms. The minimum Gasteiger partial charge on any atom is -0.309 e. The van der Waals surface area contributed by atoms with E-state index in [0.717, 1.165) is 11.8 Å². The third kappa shape index (κ3) is 4.85. The van der Waals surface area contributed by atoms with Gasteiger partial charge in [-0.05, 0) is 18.2 Å². The number of carbonyl (C=O) groups is 1. The highest BCUT2D eigenvalue weighted by atomic mass is 35.5. The molecule has 0 atom stereocenters. The first-order chi connectivity index (χ1) is 13.7. The first-order valence-electron chi connectivity index (χ1n) is 7.96. The zero-order valence-corrected chi connectivity index (χ0v) is 16.2. The molecule has 0 unspecified atom stereocenters. The summed E-state index contributed by atoms with van der Waals surface area (Å²) in [5.41, 5.74) is -0.755. The number of hydrogen-bond acceptors (Lipinski definition) is 5. The van der Waals surface area contributed by atoms with E-state index in [1.165, 1.54) is 10.6 Å². The Hall–Kier alpha value is -2.66. The van der Waals surface area contributed by atoms with E-state index in [1.807, 2.05) is 0 Å². The van der Waals surface area contributed by atoms with Gasteiger partial charge in [-0.25, -0.2) is 9.37 Å². The molecule has 1 amide bonds. The minimum absolute atomic E-state index is 0.137. The van der Waals surface area contributed by atoms with Crippen molar-refractivity contribution in [2.75, 3.05) is 11.1 Å². The van der Waals surface area contributed by atoms with Crippen molar-refractivity contribution in [3.8, 4) is 11.4 Å². The fourth-order valence-corrected chi connectivity index (χ4v) is 3.23. The van der Waals surface area contributed by atoms with E-state index in [9.17, 15) is 22.4 Å². The van der Waals surface area contributed by atoms with Crippen LogP contribution in [-0.4, -0.2) is 31.4 Å². The SMILES string of the molecule is Cn1c(SCC(=O)Nc2ncc(C(F)(F)F)cc2Cl)nnc1-c1ccccc1F. The molecule has 1 N–H and O–H groups in total. The van der Waals surface area contributed by atoms with Gasteiger partial charge >= 0.3 is 6.18 Å². The lowest BCUT2D eigenvalue weighted by molar-refractivity contribution is -0.137. The number of anilines is 1. The summed E-state index contributed by atoms with van der Waals surface area (Å²) in [6.07, 6.45) is -4.01. The van der Waals surface area contributed by atoms with Crippen molar-refractivity contribution in [2.45, 2.75) is 11.3 Å². The molecule has 6 nitrogen and oxygen atoms in total. The number of hydrogen-bond donors (Lipinski definition) is 1. The van der Waals surface area contributed by atoms with Gasteiger partial charge in [0.25, 0.3) is 0 Å². The molecule has 0 aliphatic heterocycles. The Labute approximate surface area is 171 Å². The third-order valence-corrected chi connectivity index (χ3v) is 5.02. The van der Waals surface area contributed by atoms with E-state index < -0.39 is 23.5 Å². The lowest BCUT2D eigenvalue weighted by Crippen LogP contribution is -2.16. The van der Waals surface area contributed by atoms with E-state index >= 15 is 0 Å². The number of halogens is 5. The fourth-order valence-electron chi connectivity index (χ4n) is 2.30. The predicted octanol–water partition coefficient (Wildman–Crippen LogP) is 4.42. The molecule has 1 aromatic carbocycles. The van der Waals surface area contributed by atoms with Crippen LogP contribution in [0.4, 0.5) is 23.4 Å². The molecule has 3 rings (SSSR count). The average molecular weight is 446 g/mol. The number of carbonyl (C=O) groups excluding carboxylic acids is 1. The molecule has 3 aromatic rings. The van der Waals surface area contributed by atoms with Crippen LogP contribution in [0.5, 0.6) is 0 Å². The van der Waals surface area contributed by atoms with Crippen LogP contribution in [0.25, 0.3) is 11.4 Å². The molecule has 0 saturated carbocycles. The lowest BCUT2D eigenvalue weighted by Gasteiger charge is -2.10. The Kier molecular flexibility index (Phi) is 6.08. The van der Waals surface area contributed by atoms with Crippen molar-refractivity contribution in [3.05, 3.63) is 52.9 Å². The summed E-state index contributed by atoms with van der Waals surface area (Å²) in [6, 6.07) is 6.74. The maximum absolute atomic E-state index is 13.9. The molecule has 0 aliphatic carbocycles. The molecule has 0 bridgehead atoms. The predicted molar refractivity (Wildman–Crippen MR) is 100.0 cm³/mol. The van der Waals surface area contributed by atoms with Crippen LogP contribution < -0.4 is 5.32 Å². The maximum atomic E-state index is 13.9. The third-order valence-electron chi connectivity index (χ3n) is 3.71. The Morgan fingerprint density at radius 2 is 2.00 bits per heavy atom. The Bertz CT molecular complexity index is 1060. The van der Waals surface area contributed by atoms with Crippen LogP contribution in [0.3, 0.4) is 0 Å². The lowest BCUT2D eigenvalue weighted by atomic mass is 10.2. The van der Waals surface area contributed by atoms with Crippen LogP contribution in [0.1, 0.15) is 5.56 Å². The van der Waals surface area contributed by atoms with Crippen LogP contribution in [0, 0.1) is 5.82 Å². The molecule has 0 fully saturated rings. The van der Waals surface area contributed by atoms with E-state index in [1.54, 1.807) is 25.2 Å². The number of amides is 1. The Morgan fingerprint density at radius 3 is 2.66 bits per heavy atom. The normalized spacial score (nSPS) is 11.5. The number of nitrogens with zero attached hydrogens (tertiary/aromatic N) is 4. The second-order valence-electron chi connectivity index (χ2n) is 5.73. The van der Waals surface area contributed by atoms with Crippen molar-refractivity contribution >= 4 is 35.1 Å². The van der Waals surface area contributed by atoms with Crippen molar-refractivity contribution in [1.82, 2.24) is 19.7 Å². The van der Waals surface area contributed by atoms with Gasteiger partial charge < -0.3 is 9.88 Å². The summed E-state index contributed by atoms with van der Waals surface area (Å²) >= 11 is 6.77. The number of benzene rings is 1.